The Labute approximate surface area is 156 Å². The third-order valence-electron chi connectivity index (χ3n) is 4.47. The Kier molecular flexibility index (Phi) is 4.58. The first-order chi connectivity index (χ1) is 13.2. The van der Waals surface area contributed by atoms with Crippen molar-refractivity contribution in [2.24, 2.45) is 0 Å². The lowest BCUT2D eigenvalue weighted by Crippen LogP contribution is -2.48. The fourth-order valence-electron chi connectivity index (χ4n) is 3.16. The summed E-state index contributed by atoms with van der Waals surface area (Å²) < 4.78 is 16.7. The number of fused-ring (bicyclic) bond motifs is 2. The van der Waals surface area contributed by atoms with E-state index in [1.54, 1.807) is 30.3 Å². The van der Waals surface area contributed by atoms with Gasteiger partial charge in [-0.3, -0.25) is 14.5 Å². The van der Waals surface area contributed by atoms with E-state index in [0.717, 1.165) is 0 Å². The van der Waals surface area contributed by atoms with E-state index in [1.165, 1.54) is 4.90 Å². The van der Waals surface area contributed by atoms with Crippen molar-refractivity contribution in [2.45, 2.75) is 19.4 Å². The lowest BCUT2D eigenvalue weighted by Gasteiger charge is -2.33. The van der Waals surface area contributed by atoms with Gasteiger partial charge in [-0.25, -0.2) is 0 Å². The lowest BCUT2D eigenvalue weighted by atomic mass is 10.1. The molecule has 0 aliphatic carbocycles. The van der Waals surface area contributed by atoms with E-state index in [4.69, 9.17) is 14.2 Å². The van der Waals surface area contributed by atoms with E-state index in [-0.39, 0.29) is 18.4 Å². The number of anilines is 2. The second-order valence-corrected chi connectivity index (χ2v) is 6.31. The van der Waals surface area contributed by atoms with Gasteiger partial charge in [-0.15, -0.1) is 0 Å². The summed E-state index contributed by atoms with van der Waals surface area (Å²) in [6, 6.07) is 12.5. The van der Waals surface area contributed by atoms with Crippen LogP contribution < -0.4 is 24.4 Å². The van der Waals surface area contributed by atoms with E-state index < -0.39 is 6.10 Å². The number of amides is 2. The predicted molar refractivity (Wildman–Crippen MR) is 99.6 cm³/mol. The Morgan fingerprint density at radius 3 is 2.70 bits per heavy atom. The first-order valence-corrected chi connectivity index (χ1v) is 8.92. The number of nitrogens with zero attached hydrogens (tertiary/aromatic N) is 1. The molecule has 0 bridgehead atoms. The monoisotopic (exact) mass is 368 g/mol. The van der Waals surface area contributed by atoms with Crippen molar-refractivity contribution in [3.8, 4) is 17.2 Å². The average molecular weight is 368 g/mol. The second kappa shape index (κ2) is 7.19. The molecule has 0 saturated carbocycles. The maximum atomic E-state index is 12.7. The van der Waals surface area contributed by atoms with Crippen molar-refractivity contribution in [3.05, 3.63) is 42.5 Å². The molecule has 2 aromatic carbocycles. The van der Waals surface area contributed by atoms with Crippen LogP contribution >= 0.6 is 0 Å². The number of rotatable bonds is 4. The number of hydrogen-bond donors (Lipinski definition) is 1. The third kappa shape index (κ3) is 3.40. The van der Waals surface area contributed by atoms with Gasteiger partial charge in [-0.05, 0) is 30.7 Å². The fourth-order valence-corrected chi connectivity index (χ4v) is 3.16. The van der Waals surface area contributed by atoms with Gasteiger partial charge < -0.3 is 19.5 Å². The number of carbonyl (C=O) groups is 2. The lowest BCUT2D eigenvalue weighted by molar-refractivity contribution is -0.128. The molecule has 0 radical (unpaired) electrons. The number of benzene rings is 2. The molecule has 7 nitrogen and oxygen atoms in total. The van der Waals surface area contributed by atoms with Crippen LogP contribution in [-0.2, 0) is 9.59 Å². The van der Waals surface area contributed by atoms with Gasteiger partial charge in [0.2, 0.25) is 5.91 Å². The number of hydrogen-bond acceptors (Lipinski definition) is 5. The summed E-state index contributed by atoms with van der Waals surface area (Å²) in [5.74, 6) is 1.34. The largest absolute Gasteiger partial charge is 0.486 e. The van der Waals surface area contributed by atoms with Crippen molar-refractivity contribution in [1.29, 1.82) is 0 Å². The van der Waals surface area contributed by atoms with E-state index in [9.17, 15) is 9.59 Å². The molecule has 2 aromatic rings. The van der Waals surface area contributed by atoms with Gasteiger partial charge in [-0.1, -0.05) is 19.1 Å². The molecule has 2 amide bonds. The molecule has 7 heteroatoms. The normalized spacial score (nSPS) is 17.7. The van der Waals surface area contributed by atoms with E-state index in [0.29, 0.717) is 48.3 Å². The average Bonchev–Trinajstić information content (AvgIpc) is 2.69. The van der Waals surface area contributed by atoms with Crippen molar-refractivity contribution in [3.63, 3.8) is 0 Å². The summed E-state index contributed by atoms with van der Waals surface area (Å²) >= 11 is 0. The first-order valence-electron chi connectivity index (χ1n) is 8.92. The Morgan fingerprint density at radius 1 is 1.11 bits per heavy atom. The Hall–Kier alpha value is -3.22. The number of carbonyl (C=O) groups excluding carboxylic acids is 2. The van der Waals surface area contributed by atoms with Crippen molar-refractivity contribution in [1.82, 2.24) is 0 Å². The van der Waals surface area contributed by atoms with Crippen LogP contribution in [0.5, 0.6) is 17.2 Å². The topological polar surface area (TPSA) is 77.1 Å². The maximum Gasteiger partial charge on any atom is 0.268 e. The number of nitrogens with one attached hydrogen (secondary N) is 1. The van der Waals surface area contributed by atoms with E-state index >= 15 is 0 Å². The van der Waals surface area contributed by atoms with Gasteiger partial charge in [0.1, 0.15) is 25.5 Å². The molecule has 0 spiro atoms. The summed E-state index contributed by atoms with van der Waals surface area (Å²) in [4.78, 5) is 26.7. The molecule has 0 aromatic heterocycles. The number of ether oxygens (including phenoxy) is 3. The molecule has 1 N–H and O–H groups in total. The minimum atomic E-state index is -0.581. The molecular weight excluding hydrogens is 348 g/mol. The highest BCUT2D eigenvalue weighted by Gasteiger charge is 2.34. The number of para-hydroxylation sites is 2. The molecule has 0 unspecified atom stereocenters. The van der Waals surface area contributed by atoms with Crippen LogP contribution in [0.1, 0.15) is 13.3 Å². The third-order valence-corrected chi connectivity index (χ3v) is 4.47. The highest BCUT2D eigenvalue weighted by atomic mass is 16.6. The zero-order valence-electron chi connectivity index (χ0n) is 14.9. The van der Waals surface area contributed by atoms with Crippen LogP contribution in [0.3, 0.4) is 0 Å². The molecular formula is C20H20N2O5. The maximum absolute atomic E-state index is 12.7. The quantitative estimate of drug-likeness (QED) is 0.898. The molecule has 2 aliphatic heterocycles. The van der Waals surface area contributed by atoms with Crippen LogP contribution in [0.15, 0.2) is 42.5 Å². The van der Waals surface area contributed by atoms with Crippen molar-refractivity contribution >= 4 is 23.2 Å². The zero-order chi connectivity index (χ0) is 18.8. The molecule has 2 aliphatic rings. The van der Waals surface area contributed by atoms with Crippen LogP contribution in [0.25, 0.3) is 0 Å². The molecule has 140 valence electrons. The highest BCUT2D eigenvalue weighted by Crippen LogP contribution is 2.35. The molecule has 0 saturated heterocycles. The second-order valence-electron chi connectivity index (χ2n) is 6.31. The van der Waals surface area contributed by atoms with E-state index in [1.807, 2.05) is 19.1 Å². The fraction of sp³-hybridized carbons (Fsp3) is 0.300. The summed E-state index contributed by atoms with van der Waals surface area (Å²) in [6.45, 7) is 2.77. The first kappa shape index (κ1) is 17.2. The Balaban J connectivity index is 1.51. The summed E-state index contributed by atoms with van der Waals surface area (Å²) in [5, 5.41) is 2.81. The van der Waals surface area contributed by atoms with Gasteiger partial charge in [0.05, 0.1) is 5.69 Å². The van der Waals surface area contributed by atoms with Crippen LogP contribution in [0.2, 0.25) is 0 Å². The molecule has 2 heterocycles. The van der Waals surface area contributed by atoms with Gasteiger partial charge in [0.15, 0.2) is 17.6 Å². The Bertz CT molecular complexity index is 882. The van der Waals surface area contributed by atoms with Gasteiger partial charge in [0.25, 0.3) is 5.91 Å². The van der Waals surface area contributed by atoms with Gasteiger partial charge in [0, 0.05) is 11.8 Å². The zero-order valence-corrected chi connectivity index (χ0v) is 14.9. The Morgan fingerprint density at radius 2 is 1.89 bits per heavy atom. The molecule has 27 heavy (non-hydrogen) atoms. The summed E-state index contributed by atoms with van der Waals surface area (Å²) in [7, 11) is 0. The van der Waals surface area contributed by atoms with Gasteiger partial charge in [-0.2, -0.15) is 0 Å². The predicted octanol–water partition coefficient (Wildman–Crippen LogP) is 2.60. The molecule has 1 atom stereocenters. The van der Waals surface area contributed by atoms with Gasteiger partial charge >= 0.3 is 0 Å². The smallest absolute Gasteiger partial charge is 0.268 e. The van der Waals surface area contributed by atoms with Crippen molar-refractivity contribution in [2.75, 3.05) is 30.0 Å². The van der Waals surface area contributed by atoms with Crippen LogP contribution in [0.4, 0.5) is 11.4 Å². The highest BCUT2D eigenvalue weighted by molar-refractivity contribution is 6.06. The van der Waals surface area contributed by atoms with E-state index in [2.05, 4.69) is 5.32 Å². The van der Waals surface area contributed by atoms with Crippen LogP contribution in [-0.4, -0.2) is 37.7 Å². The van der Waals surface area contributed by atoms with Crippen LogP contribution in [0, 0.1) is 0 Å². The minimum Gasteiger partial charge on any atom is -0.486 e. The summed E-state index contributed by atoms with van der Waals surface area (Å²) in [6.07, 6.45) is -0.0463. The molecule has 0 fully saturated rings. The molecule has 4 rings (SSSR count). The standard InChI is InChI=1S/C20H20N2O5/c1-2-15-20(24)22(14-5-3-4-6-16(14)27-15)12-19(23)21-13-7-8-17-18(11-13)26-10-9-25-17/h3-8,11,15H,2,9-10,12H2,1H3,(H,21,23)/t15-/m1/s1. The SMILES string of the molecule is CC[C@H]1Oc2ccccc2N(CC(=O)Nc2ccc3c(c2)OCCO3)C1=O. The minimum absolute atomic E-state index is 0.0931. The summed E-state index contributed by atoms with van der Waals surface area (Å²) in [5.41, 5.74) is 1.19. The van der Waals surface area contributed by atoms with Crippen molar-refractivity contribution < 1.29 is 23.8 Å².